The van der Waals surface area contributed by atoms with Crippen LogP contribution in [0, 0.1) is 6.92 Å². The number of carbonyl (C=O) groups excluding carboxylic acids is 2. The Morgan fingerprint density at radius 3 is 2.70 bits per heavy atom. The van der Waals surface area contributed by atoms with Crippen molar-refractivity contribution in [2.45, 2.75) is 32.9 Å². The van der Waals surface area contributed by atoms with Crippen LogP contribution < -0.4 is 0 Å². The number of nitrogens with zero attached hydrogens (tertiary/aromatic N) is 4. The van der Waals surface area contributed by atoms with Crippen molar-refractivity contribution in [2.75, 3.05) is 32.8 Å². The molecule has 27 heavy (non-hydrogen) atoms. The summed E-state index contributed by atoms with van der Waals surface area (Å²) in [6, 6.07) is 1.61. The van der Waals surface area contributed by atoms with Crippen LogP contribution in [0.3, 0.4) is 0 Å². The fourth-order valence-electron chi connectivity index (χ4n) is 3.71. The SMILES string of the molecule is Cc1ccoc1C(=O)N1CCn2cc(CC(=O)N3CCOCC3)nc2[C@@H]1C. The molecule has 2 aromatic rings. The van der Waals surface area contributed by atoms with Crippen molar-refractivity contribution in [2.24, 2.45) is 0 Å². The first-order valence-corrected chi connectivity index (χ1v) is 9.31. The van der Waals surface area contributed by atoms with Gasteiger partial charge < -0.3 is 23.5 Å². The molecule has 0 spiro atoms. The van der Waals surface area contributed by atoms with Gasteiger partial charge in [0.1, 0.15) is 5.82 Å². The zero-order valence-electron chi connectivity index (χ0n) is 15.7. The predicted octanol–water partition coefficient (Wildman–Crippen LogP) is 1.40. The zero-order chi connectivity index (χ0) is 19.0. The summed E-state index contributed by atoms with van der Waals surface area (Å²) in [6.45, 7) is 7.51. The standard InChI is InChI=1S/C19H24N4O4/c1-13-3-8-27-17(13)19(25)23-5-4-22-12-15(20-18(22)14(23)2)11-16(24)21-6-9-26-10-7-21/h3,8,12,14H,4-7,9-11H2,1-2H3/t14-/m0/s1. The second-order valence-corrected chi connectivity index (χ2v) is 7.06. The van der Waals surface area contributed by atoms with E-state index >= 15 is 0 Å². The monoisotopic (exact) mass is 372 g/mol. The molecule has 0 unspecified atom stereocenters. The minimum Gasteiger partial charge on any atom is -0.459 e. The number of amides is 2. The summed E-state index contributed by atoms with van der Waals surface area (Å²) in [5.74, 6) is 1.14. The van der Waals surface area contributed by atoms with Crippen molar-refractivity contribution in [1.29, 1.82) is 0 Å². The number of carbonyl (C=O) groups is 2. The summed E-state index contributed by atoms with van der Waals surface area (Å²) in [5, 5.41) is 0. The molecule has 0 aromatic carbocycles. The van der Waals surface area contributed by atoms with Crippen LogP contribution in [0.15, 0.2) is 22.9 Å². The van der Waals surface area contributed by atoms with Gasteiger partial charge in [-0.05, 0) is 19.9 Å². The first kappa shape index (κ1) is 17.8. The molecule has 8 nitrogen and oxygen atoms in total. The average Bonchev–Trinajstić information content (AvgIpc) is 3.28. The van der Waals surface area contributed by atoms with Crippen LogP contribution in [-0.2, 0) is 22.5 Å². The summed E-state index contributed by atoms with van der Waals surface area (Å²) in [6.07, 6.45) is 3.75. The molecule has 2 aromatic heterocycles. The molecular weight excluding hydrogens is 348 g/mol. The predicted molar refractivity (Wildman–Crippen MR) is 96.2 cm³/mol. The highest BCUT2D eigenvalue weighted by molar-refractivity contribution is 5.93. The van der Waals surface area contributed by atoms with Crippen molar-refractivity contribution in [3.05, 3.63) is 41.4 Å². The summed E-state index contributed by atoms with van der Waals surface area (Å²) < 4.78 is 12.7. The number of fused-ring (bicyclic) bond motifs is 1. The van der Waals surface area contributed by atoms with Crippen molar-refractivity contribution >= 4 is 11.8 Å². The lowest BCUT2D eigenvalue weighted by molar-refractivity contribution is -0.134. The molecule has 0 N–H and O–H groups in total. The molecule has 144 valence electrons. The number of hydrogen-bond acceptors (Lipinski definition) is 5. The van der Waals surface area contributed by atoms with Gasteiger partial charge in [-0.15, -0.1) is 0 Å². The third-order valence-electron chi connectivity index (χ3n) is 5.29. The molecule has 2 aliphatic heterocycles. The van der Waals surface area contributed by atoms with E-state index in [1.165, 1.54) is 6.26 Å². The van der Waals surface area contributed by atoms with E-state index in [9.17, 15) is 9.59 Å². The van der Waals surface area contributed by atoms with Crippen LogP contribution in [-0.4, -0.2) is 64.0 Å². The molecule has 1 atom stereocenters. The fraction of sp³-hybridized carbons (Fsp3) is 0.526. The highest BCUT2D eigenvalue weighted by Gasteiger charge is 2.32. The number of morpholine rings is 1. The Hall–Kier alpha value is -2.61. The third-order valence-corrected chi connectivity index (χ3v) is 5.29. The molecular formula is C19H24N4O4. The highest BCUT2D eigenvalue weighted by Crippen LogP contribution is 2.27. The van der Waals surface area contributed by atoms with Gasteiger partial charge in [-0.1, -0.05) is 0 Å². The van der Waals surface area contributed by atoms with Crippen LogP contribution >= 0.6 is 0 Å². The van der Waals surface area contributed by atoms with E-state index in [-0.39, 0.29) is 24.3 Å². The number of ether oxygens (including phenoxy) is 1. The van der Waals surface area contributed by atoms with Gasteiger partial charge in [0.2, 0.25) is 5.91 Å². The smallest absolute Gasteiger partial charge is 0.290 e. The molecule has 0 bridgehead atoms. The molecule has 4 rings (SSSR count). The molecule has 2 aliphatic rings. The molecule has 1 fully saturated rings. The number of imidazole rings is 1. The quantitative estimate of drug-likeness (QED) is 0.814. The Kier molecular flexibility index (Phi) is 4.73. The van der Waals surface area contributed by atoms with Gasteiger partial charge in [-0.25, -0.2) is 4.98 Å². The zero-order valence-corrected chi connectivity index (χ0v) is 15.7. The van der Waals surface area contributed by atoms with Gasteiger partial charge in [-0.2, -0.15) is 0 Å². The third kappa shape index (κ3) is 3.37. The van der Waals surface area contributed by atoms with E-state index in [1.807, 2.05) is 29.5 Å². The second-order valence-electron chi connectivity index (χ2n) is 7.06. The lowest BCUT2D eigenvalue weighted by Crippen LogP contribution is -2.41. The lowest BCUT2D eigenvalue weighted by atomic mass is 10.1. The summed E-state index contributed by atoms with van der Waals surface area (Å²) in [5.41, 5.74) is 1.58. The molecule has 4 heterocycles. The number of aromatic nitrogens is 2. The maximum absolute atomic E-state index is 12.8. The van der Waals surface area contributed by atoms with E-state index < -0.39 is 0 Å². The second kappa shape index (κ2) is 7.19. The van der Waals surface area contributed by atoms with E-state index in [2.05, 4.69) is 4.98 Å². The molecule has 1 saturated heterocycles. The Bertz CT molecular complexity index is 850. The van der Waals surface area contributed by atoms with Gasteiger partial charge in [0.05, 0.1) is 37.6 Å². The summed E-state index contributed by atoms with van der Waals surface area (Å²) in [4.78, 5) is 33.5. The minimum atomic E-state index is -0.178. The first-order valence-electron chi connectivity index (χ1n) is 9.31. The van der Waals surface area contributed by atoms with Crippen molar-refractivity contribution in [3.8, 4) is 0 Å². The molecule has 2 amide bonds. The van der Waals surface area contributed by atoms with Gasteiger partial charge in [0, 0.05) is 37.9 Å². The molecule has 8 heteroatoms. The fourth-order valence-corrected chi connectivity index (χ4v) is 3.71. The summed E-state index contributed by atoms with van der Waals surface area (Å²) >= 11 is 0. The number of hydrogen-bond donors (Lipinski definition) is 0. The van der Waals surface area contributed by atoms with Crippen LogP contribution in [0.4, 0.5) is 0 Å². The Balaban J connectivity index is 1.48. The lowest BCUT2D eigenvalue weighted by Gasteiger charge is -2.33. The topological polar surface area (TPSA) is 80.8 Å². The maximum Gasteiger partial charge on any atom is 0.290 e. The van der Waals surface area contributed by atoms with Crippen LogP contribution in [0.5, 0.6) is 0 Å². The summed E-state index contributed by atoms with van der Waals surface area (Å²) in [7, 11) is 0. The Morgan fingerprint density at radius 1 is 1.22 bits per heavy atom. The van der Waals surface area contributed by atoms with Gasteiger partial charge in [0.25, 0.3) is 5.91 Å². The van der Waals surface area contributed by atoms with Crippen LogP contribution in [0.2, 0.25) is 0 Å². The van der Waals surface area contributed by atoms with Gasteiger partial charge >= 0.3 is 0 Å². The number of aryl methyl sites for hydroxylation is 1. The largest absolute Gasteiger partial charge is 0.459 e. The molecule has 0 saturated carbocycles. The van der Waals surface area contributed by atoms with E-state index in [0.29, 0.717) is 45.2 Å². The van der Waals surface area contributed by atoms with E-state index in [1.54, 1.807) is 11.0 Å². The van der Waals surface area contributed by atoms with Crippen LogP contribution in [0.1, 0.15) is 40.6 Å². The minimum absolute atomic E-state index is 0.0699. The van der Waals surface area contributed by atoms with Gasteiger partial charge in [0.15, 0.2) is 5.76 Å². The van der Waals surface area contributed by atoms with E-state index in [0.717, 1.165) is 17.1 Å². The highest BCUT2D eigenvalue weighted by atomic mass is 16.5. The molecule has 0 radical (unpaired) electrons. The van der Waals surface area contributed by atoms with Gasteiger partial charge in [-0.3, -0.25) is 9.59 Å². The first-order chi connectivity index (χ1) is 13.0. The van der Waals surface area contributed by atoms with Crippen molar-refractivity contribution in [3.63, 3.8) is 0 Å². The molecule has 0 aliphatic carbocycles. The maximum atomic E-state index is 12.8. The Labute approximate surface area is 157 Å². The number of rotatable bonds is 3. The average molecular weight is 372 g/mol. The Morgan fingerprint density at radius 2 is 2.00 bits per heavy atom. The normalized spacial score (nSPS) is 19.9. The van der Waals surface area contributed by atoms with E-state index in [4.69, 9.17) is 9.15 Å². The van der Waals surface area contributed by atoms with Crippen LogP contribution in [0.25, 0.3) is 0 Å². The van der Waals surface area contributed by atoms with Crippen molar-refractivity contribution < 1.29 is 18.7 Å². The van der Waals surface area contributed by atoms with Crippen molar-refractivity contribution in [1.82, 2.24) is 19.4 Å². The number of furan rings is 1.